The van der Waals surface area contributed by atoms with Crippen LogP contribution in [0, 0.1) is 0 Å². The second-order valence-corrected chi connectivity index (χ2v) is 3.46. The summed E-state index contributed by atoms with van der Waals surface area (Å²) in [6.45, 7) is 0. The number of thiophene rings is 1. The van der Waals surface area contributed by atoms with E-state index >= 15 is 0 Å². The van der Waals surface area contributed by atoms with Gasteiger partial charge >= 0.3 is 0 Å². The van der Waals surface area contributed by atoms with E-state index in [1.54, 1.807) is 12.1 Å². The van der Waals surface area contributed by atoms with Crippen molar-refractivity contribution < 1.29 is 4.79 Å². The van der Waals surface area contributed by atoms with Crippen LogP contribution in [0.4, 0.5) is 0 Å². The fourth-order valence-electron chi connectivity index (χ4n) is 0.637. The van der Waals surface area contributed by atoms with E-state index in [0.717, 1.165) is 6.21 Å². The lowest BCUT2D eigenvalue weighted by molar-refractivity contribution is 0.107. The zero-order chi connectivity index (χ0) is 9.68. The van der Waals surface area contributed by atoms with Gasteiger partial charge in [0.05, 0.1) is 11.1 Å². The molecule has 0 saturated heterocycles. The van der Waals surface area contributed by atoms with Crippen LogP contribution in [0.1, 0.15) is 9.67 Å². The highest BCUT2D eigenvalue weighted by atomic mass is 32.1. The smallest absolute Gasteiger partial charge is 0.215 e. The molecule has 0 aliphatic rings. The number of rotatable bonds is 3. The fourth-order valence-corrected chi connectivity index (χ4v) is 1.32. The maximum atomic E-state index is 11.2. The minimum atomic E-state index is -0.168. The Morgan fingerprint density at radius 2 is 2.54 bits per heavy atom. The molecule has 0 spiro atoms. The summed E-state index contributed by atoms with van der Waals surface area (Å²) in [5, 5.41) is 5.40. The Labute approximate surface area is 84.4 Å². The number of hydrogen-bond donors (Lipinski definition) is 2. The molecule has 0 aromatic carbocycles. The number of nitrogens with one attached hydrogen (secondary N) is 1. The van der Waals surface area contributed by atoms with Crippen LogP contribution in [0.5, 0.6) is 0 Å². The first-order valence-corrected chi connectivity index (χ1v) is 4.65. The van der Waals surface area contributed by atoms with Gasteiger partial charge in [-0.25, -0.2) is 0 Å². The third-order valence-electron chi connectivity index (χ3n) is 1.12. The minimum Gasteiger partial charge on any atom is -0.375 e. The van der Waals surface area contributed by atoms with Crippen LogP contribution in [-0.4, -0.2) is 17.1 Å². The Balaban J connectivity index is 2.51. The molecule has 1 rings (SSSR count). The first kappa shape index (κ1) is 9.82. The van der Waals surface area contributed by atoms with Gasteiger partial charge in [-0.3, -0.25) is 10.2 Å². The first-order valence-electron chi connectivity index (χ1n) is 3.36. The molecule has 0 radical (unpaired) electrons. The van der Waals surface area contributed by atoms with E-state index in [9.17, 15) is 4.79 Å². The summed E-state index contributed by atoms with van der Waals surface area (Å²) in [6, 6.07) is 3.52. The van der Waals surface area contributed by atoms with Crippen molar-refractivity contribution in [3.8, 4) is 0 Å². The molecule has 3 N–H and O–H groups in total. The van der Waals surface area contributed by atoms with E-state index in [-0.39, 0.29) is 10.9 Å². The van der Waals surface area contributed by atoms with Crippen LogP contribution in [0.2, 0.25) is 0 Å². The minimum absolute atomic E-state index is 0.0372. The number of hydrogen-bond acceptors (Lipinski definition) is 4. The van der Waals surface area contributed by atoms with Crippen LogP contribution in [0.15, 0.2) is 22.6 Å². The fraction of sp³-hybridized carbons (Fsp3) is 0. The molecule has 1 aromatic rings. The van der Waals surface area contributed by atoms with Gasteiger partial charge in [-0.2, -0.15) is 5.10 Å². The summed E-state index contributed by atoms with van der Waals surface area (Å²) >= 11 is 5.85. The molecule has 0 aliphatic heterocycles. The number of carbonyl (C=O) groups excluding carboxylic acids is 1. The molecule has 13 heavy (non-hydrogen) atoms. The molecule has 4 nitrogen and oxygen atoms in total. The molecular formula is C7H7N3OS2. The van der Waals surface area contributed by atoms with E-state index in [0.29, 0.717) is 4.88 Å². The molecule has 0 bridgehead atoms. The number of nitrogens with two attached hydrogens (primary N) is 1. The van der Waals surface area contributed by atoms with Crippen LogP contribution in [0.25, 0.3) is 0 Å². The largest absolute Gasteiger partial charge is 0.375 e. The van der Waals surface area contributed by atoms with Gasteiger partial charge in [0.25, 0.3) is 0 Å². The normalized spacial score (nSPS) is 10.2. The van der Waals surface area contributed by atoms with Crippen molar-refractivity contribution in [2.24, 2.45) is 10.8 Å². The van der Waals surface area contributed by atoms with Gasteiger partial charge < -0.3 is 5.73 Å². The summed E-state index contributed by atoms with van der Waals surface area (Å²) in [4.78, 5) is 11.9. The molecule has 1 heterocycles. The Bertz CT molecular complexity index is 332. The predicted molar refractivity (Wildman–Crippen MR) is 57.1 cm³/mol. The third-order valence-corrected chi connectivity index (χ3v) is 2.10. The highest BCUT2D eigenvalue weighted by Crippen LogP contribution is 2.07. The van der Waals surface area contributed by atoms with Gasteiger partial charge in [0.15, 0.2) is 5.11 Å². The number of carbonyl (C=O) groups is 1. The van der Waals surface area contributed by atoms with Gasteiger partial charge in [-0.1, -0.05) is 6.07 Å². The second kappa shape index (κ2) is 4.68. The van der Waals surface area contributed by atoms with Crippen molar-refractivity contribution in [2.75, 3.05) is 0 Å². The topological polar surface area (TPSA) is 67.5 Å². The summed E-state index contributed by atoms with van der Waals surface area (Å²) in [6.07, 6.45) is 1.14. The summed E-state index contributed by atoms with van der Waals surface area (Å²) in [7, 11) is 0. The van der Waals surface area contributed by atoms with Crippen molar-refractivity contribution >= 4 is 40.7 Å². The van der Waals surface area contributed by atoms with Crippen LogP contribution < -0.4 is 11.2 Å². The number of nitrogens with zero attached hydrogens (tertiary/aromatic N) is 1. The zero-order valence-corrected chi connectivity index (χ0v) is 8.19. The number of hydrazone groups is 1. The standard InChI is InChI=1S/C7H7N3OS2/c8-7(12)10-9-4-5(11)6-2-1-3-13-6/h1-4H,(H3,8,10,12). The highest BCUT2D eigenvalue weighted by Gasteiger charge is 2.01. The monoisotopic (exact) mass is 213 g/mol. The lowest BCUT2D eigenvalue weighted by Crippen LogP contribution is -2.24. The SMILES string of the molecule is NC(=S)NN=CC(=O)c1cccs1. The predicted octanol–water partition coefficient (Wildman–Crippen LogP) is 0.750. The van der Waals surface area contributed by atoms with Crippen LogP contribution in [-0.2, 0) is 0 Å². The van der Waals surface area contributed by atoms with Crippen molar-refractivity contribution in [2.45, 2.75) is 0 Å². The molecule has 68 valence electrons. The van der Waals surface area contributed by atoms with Crippen molar-refractivity contribution in [3.05, 3.63) is 22.4 Å². The quantitative estimate of drug-likeness (QED) is 0.336. The molecular weight excluding hydrogens is 206 g/mol. The van der Waals surface area contributed by atoms with Gasteiger partial charge in [0.2, 0.25) is 5.78 Å². The van der Waals surface area contributed by atoms with Gasteiger partial charge in [-0.15, -0.1) is 11.3 Å². The average Bonchev–Trinajstić information content (AvgIpc) is 2.55. The number of Topliss-reactive ketones (excluding diaryl/α,β-unsaturated/α-hetero) is 1. The van der Waals surface area contributed by atoms with Gasteiger partial charge in [-0.05, 0) is 23.7 Å². The van der Waals surface area contributed by atoms with E-state index < -0.39 is 0 Å². The van der Waals surface area contributed by atoms with Crippen molar-refractivity contribution in [1.82, 2.24) is 5.43 Å². The third kappa shape index (κ3) is 3.30. The molecule has 0 aliphatic carbocycles. The van der Waals surface area contributed by atoms with Gasteiger partial charge in [0.1, 0.15) is 0 Å². The second-order valence-electron chi connectivity index (χ2n) is 2.08. The Hall–Kier alpha value is -1.27. The molecule has 0 fully saturated rings. The molecule has 6 heteroatoms. The molecule has 1 aromatic heterocycles. The van der Waals surface area contributed by atoms with Crippen molar-refractivity contribution in [3.63, 3.8) is 0 Å². The van der Waals surface area contributed by atoms with Crippen LogP contribution >= 0.6 is 23.6 Å². The van der Waals surface area contributed by atoms with E-state index in [1.165, 1.54) is 11.3 Å². The summed E-state index contributed by atoms with van der Waals surface area (Å²) in [5.74, 6) is -0.168. The van der Waals surface area contributed by atoms with Gasteiger partial charge in [0, 0.05) is 0 Å². The molecule has 0 amide bonds. The summed E-state index contributed by atoms with van der Waals surface area (Å²) in [5.41, 5.74) is 7.40. The number of ketones is 1. The zero-order valence-electron chi connectivity index (χ0n) is 6.56. The van der Waals surface area contributed by atoms with E-state index in [1.807, 2.05) is 5.38 Å². The van der Waals surface area contributed by atoms with E-state index in [2.05, 4.69) is 22.7 Å². The summed E-state index contributed by atoms with van der Waals surface area (Å²) < 4.78 is 0. The lowest BCUT2D eigenvalue weighted by atomic mass is 10.3. The Morgan fingerprint density at radius 3 is 3.08 bits per heavy atom. The highest BCUT2D eigenvalue weighted by molar-refractivity contribution is 7.80. The van der Waals surface area contributed by atoms with Crippen molar-refractivity contribution in [1.29, 1.82) is 0 Å². The Kier molecular flexibility index (Phi) is 3.53. The first-order chi connectivity index (χ1) is 6.20. The maximum absolute atomic E-state index is 11.2. The average molecular weight is 213 g/mol. The molecule has 0 saturated carbocycles. The molecule has 0 atom stereocenters. The lowest BCUT2D eigenvalue weighted by Gasteiger charge is -1.92. The number of thiocarbonyl (C=S) groups is 1. The van der Waals surface area contributed by atoms with Crippen LogP contribution in [0.3, 0.4) is 0 Å². The molecule has 0 unspecified atom stereocenters. The maximum Gasteiger partial charge on any atom is 0.215 e. The van der Waals surface area contributed by atoms with E-state index in [4.69, 9.17) is 5.73 Å². The Morgan fingerprint density at radius 1 is 1.77 bits per heavy atom.